The first-order chi connectivity index (χ1) is 11.7. The van der Waals surface area contributed by atoms with Crippen molar-refractivity contribution in [1.29, 1.82) is 0 Å². The molecule has 0 spiro atoms. The lowest BCUT2D eigenvalue weighted by Gasteiger charge is -2.25. The smallest absolute Gasteiger partial charge is 0.129 e. The van der Waals surface area contributed by atoms with E-state index in [0.717, 1.165) is 43.4 Å². The van der Waals surface area contributed by atoms with Crippen molar-refractivity contribution in [3.8, 4) is 10.4 Å². The van der Waals surface area contributed by atoms with E-state index in [9.17, 15) is 0 Å². The third-order valence-electron chi connectivity index (χ3n) is 4.10. The number of rotatable bonds is 6. The molecular weight excluding hydrogens is 320 g/mol. The van der Waals surface area contributed by atoms with Gasteiger partial charge in [0.25, 0.3) is 0 Å². The summed E-state index contributed by atoms with van der Waals surface area (Å²) in [4.78, 5) is 10.2. The number of ether oxygens (including phenoxy) is 1. The molecule has 1 aliphatic rings. The highest BCUT2D eigenvalue weighted by molar-refractivity contribution is 7.17. The van der Waals surface area contributed by atoms with E-state index in [1.54, 1.807) is 11.3 Å². The van der Waals surface area contributed by atoms with E-state index in [1.807, 2.05) is 6.92 Å². The summed E-state index contributed by atoms with van der Waals surface area (Å²) in [6, 6.07) is 12.9. The largest absolute Gasteiger partial charge is 0.394 e. The van der Waals surface area contributed by atoms with Gasteiger partial charge in [0.1, 0.15) is 6.61 Å². The summed E-state index contributed by atoms with van der Waals surface area (Å²) < 4.78 is 5.34. The summed E-state index contributed by atoms with van der Waals surface area (Å²) in [5, 5.41) is 4.27. The maximum absolute atomic E-state index is 5.50. The molecule has 1 aromatic heterocycles. The monoisotopic (exact) mass is 344 g/mol. The molecule has 1 fully saturated rings. The van der Waals surface area contributed by atoms with Crippen molar-refractivity contribution in [2.75, 3.05) is 39.5 Å². The van der Waals surface area contributed by atoms with Crippen molar-refractivity contribution >= 4 is 17.0 Å². The molecule has 0 aliphatic carbocycles. The average Bonchev–Trinajstić information content (AvgIpc) is 3.10. The lowest BCUT2D eigenvalue weighted by molar-refractivity contribution is 0.0212. The molecule has 0 saturated carbocycles. The Labute approximate surface area is 147 Å². The first-order valence-corrected chi connectivity index (χ1v) is 9.18. The minimum atomic E-state index is 0.619. The van der Waals surface area contributed by atoms with Gasteiger partial charge in [-0.1, -0.05) is 35.0 Å². The molecule has 2 heterocycles. The second-order valence-corrected chi connectivity index (χ2v) is 7.08. The molecule has 4 nitrogen and oxygen atoms in total. The first kappa shape index (κ1) is 17.1. The highest BCUT2D eigenvalue weighted by atomic mass is 32.1. The van der Waals surface area contributed by atoms with E-state index in [0.29, 0.717) is 6.61 Å². The molecule has 2 aromatic rings. The number of benzene rings is 1. The van der Waals surface area contributed by atoms with Crippen molar-refractivity contribution in [3.63, 3.8) is 0 Å². The Bertz CT molecular complexity index is 673. The molecule has 1 aliphatic heterocycles. The van der Waals surface area contributed by atoms with Gasteiger partial charge >= 0.3 is 0 Å². The second kappa shape index (κ2) is 8.42. The van der Waals surface area contributed by atoms with Crippen molar-refractivity contribution in [1.82, 2.24) is 4.90 Å². The summed E-state index contributed by atoms with van der Waals surface area (Å²) in [7, 11) is 0. The Balaban J connectivity index is 1.52. The van der Waals surface area contributed by atoms with Crippen LogP contribution in [0.5, 0.6) is 0 Å². The number of hydrogen-bond donors (Lipinski definition) is 0. The zero-order chi connectivity index (χ0) is 16.8. The molecule has 5 heteroatoms. The Kier molecular flexibility index (Phi) is 6.01. The number of oxime groups is 1. The van der Waals surface area contributed by atoms with Crippen LogP contribution in [0.1, 0.15) is 17.4 Å². The predicted molar refractivity (Wildman–Crippen MR) is 99.9 cm³/mol. The predicted octanol–water partition coefficient (Wildman–Crippen LogP) is 3.80. The zero-order valence-corrected chi connectivity index (χ0v) is 15.1. The topological polar surface area (TPSA) is 34.1 Å². The lowest BCUT2D eigenvalue weighted by Crippen LogP contribution is -2.38. The highest BCUT2D eigenvalue weighted by Gasteiger charge is 2.10. The van der Waals surface area contributed by atoms with Crippen LogP contribution in [0.15, 0.2) is 41.6 Å². The van der Waals surface area contributed by atoms with Crippen LogP contribution in [0.3, 0.4) is 0 Å². The molecule has 0 bridgehead atoms. The Morgan fingerprint density at radius 1 is 1.17 bits per heavy atom. The Morgan fingerprint density at radius 3 is 2.67 bits per heavy atom. The van der Waals surface area contributed by atoms with E-state index in [-0.39, 0.29) is 0 Å². The fraction of sp³-hybridized carbons (Fsp3) is 0.421. The molecular formula is C19H24N2O2S. The molecule has 0 atom stereocenters. The summed E-state index contributed by atoms with van der Waals surface area (Å²) in [6.45, 7) is 9.23. The molecule has 3 rings (SSSR count). The minimum Gasteiger partial charge on any atom is -0.394 e. The molecule has 128 valence electrons. The summed E-state index contributed by atoms with van der Waals surface area (Å²) >= 11 is 1.75. The van der Waals surface area contributed by atoms with Crippen molar-refractivity contribution in [2.45, 2.75) is 13.8 Å². The van der Waals surface area contributed by atoms with E-state index in [2.05, 4.69) is 53.4 Å². The Hall–Kier alpha value is -1.69. The fourth-order valence-electron chi connectivity index (χ4n) is 2.59. The molecule has 1 aromatic carbocycles. The number of aryl methyl sites for hydroxylation is 1. The summed E-state index contributed by atoms with van der Waals surface area (Å²) in [5.74, 6) is 0. The normalized spacial score (nSPS) is 16.3. The molecule has 24 heavy (non-hydrogen) atoms. The third kappa shape index (κ3) is 4.66. The van der Waals surface area contributed by atoms with E-state index >= 15 is 0 Å². The molecule has 1 saturated heterocycles. The molecule has 0 unspecified atom stereocenters. The number of hydrogen-bond acceptors (Lipinski definition) is 5. The first-order valence-electron chi connectivity index (χ1n) is 8.36. The van der Waals surface area contributed by atoms with Crippen LogP contribution < -0.4 is 0 Å². The number of nitrogens with zero attached hydrogens (tertiary/aromatic N) is 2. The number of thiophene rings is 1. The van der Waals surface area contributed by atoms with Crippen LogP contribution in [0, 0.1) is 6.92 Å². The van der Waals surface area contributed by atoms with E-state index in [1.165, 1.54) is 16.0 Å². The quantitative estimate of drug-likeness (QED) is 0.454. The van der Waals surface area contributed by atoms with Crippen LogP contribution in [0.2, 0.25) is 0 Å². The fourth-order valence-corrected chi connectivity index (χ4v) is 3.54. The standard InChI is InChI=1S/C19H24N2O2S/c1-15-3-5-17(6-4-15)19-8-7-18(24-19)16(2)20-23-14-11-21-9-12-22-13-10-21/h3-8H,9-14H2,1-2H3/b20-16+. The van der Waals surface area contributed by atoms with E-state index in [4.69, 9.17) is 9.57 Å². The van der Waals surface area contributed by atoms with Crippen molar-refractivity contribution < 1.29 is 9.57 Å². The molecule has 0 N–H and O–H groups in total. The van der Waals surface area contributed by atoms with Crippen LogP contribution in [-0.2, 0) is 9.57 Å². The van der Waals surface area contributed by atoms with Gasteiger partial charge in [0.2, 0.25) is 0 Å². The van der Waals surface area contributed by atoms with Gasteiger partial charge in [0.05, 0.1) is 23.8 Å². The Morgan fingerprint density at radius 2 is 1.92 bits per heavy atom. The maximum atomic E-state index is 5.50. The minimum absolute atomic E-state index is 0.619. The van der Waals surface area contributed by atoms with Gasteiger partial charge in [0.15, 0.2) is 0 Å². The van der Waals surface area contributed by atoms with Crippen LogP contribution >= 0.6 is 11.3 Å². The highest BCUT2D eigenvalue weighted by Crippen LogP contribution is 2.28. The SMILES string of the molecule is C/C(=N\OCCN1CCOCC1)c1ccc(-c2ccc(C)cc2)s1. The lowest BCUT2D eigenvalue weighted by atomic mass is 10.1. The average molecular weight is 344 g/mol. The van der Waals surface area contributed by atoms with Gasteiger partial charge in [-0.3, -0.25) is 4.90 Å². The zero-order valence-electron chi connectivity index (χ0n) is 14.3. The van der Waals surface area contributed by atoms with Gasteiger partial charge in [-0.25, -0.2) is 0 Å². The van der Waals surface area contributed by atoms with Gasteiger partial charge in [-0.2, -0.15) is 0 Å². The number of morpholine rings is 1. The van der Waals surface area contributed by atoms with Gasteiger partial charge in [0, 0.05) is 24.5 Å². The second-order valence-electron chi connectivity index (χ2n) is 5.99. The van der Waals surface area contributed by atoms with Crippen LogP contribution in [-0.4, -0.2) is 50.1 Å². The van der Waals surface area contributed by atoms with Gasteiger partial charge in [-0.05, 0) is 31.5 Å². The summed E-state index contributed by atoms with van der Waals surface area (Å²) in [6.07, 6.45) is 0. The van der Waals surface area contributed by atoms with Crippen molar-refractivity contribution in [3.05, 3.63) is 46.8 Å². The van der Waals surface area contributed by atoms with E-state index < -0.39 is 0 Å². The van der Waals surface area contributed by atoms with Crippen molar-refractivity contribution in [2.24, 2.45) is 5.16 Å². The maximum Gasteiger partial charge on any atom is 0.129 e. The molecule has 0 amide bonds. The van der Waals surface area contributed by atoms with Crippen LogP contribution in [0.4, 0.5) is 0 Å². The van der Waals surface area contributed by atoms with Gasteiger partial charge < -0.3 is 9.57 Å². The van der Waals surface area contributed by atoms with Crippen LogP contribution in [0.25, 0.3) is 10.4 Å². The summed E-state index contributed by atoms with van der Waals surface area (Å²) in [5.41, 5.74) is 3.46. The molecule has 0 radical (unpaired) electrons. The van der Waals surface area contributed by atoms with Gasteiger partial charge in [-0.15, -0.1) is 11.3 Å². The third-order valence-corrected chi connectivity index (χ3v) is 5.35.